The summed E-state index contributed by atoms with van der Waals surface area (Å²) in [5.41, 5.74) is 4.03. The molecule has 0 N–H and O–H groups in total. The van der Waals surface area contributed by atoms with Crippen molar-refractivity contribution in [2.75, 3.05) is 6.61 Å². The molecule has 1 aromatic heterocycles. The van der Waals surface area contributed by atoms with Crippen LogP contribution in [0.25, 0.3) is 10.9 Å². The highest BCUT2D eigenvalue weighted by Gasteiger charge is 2.33. The number of benzene rings is 2. The van der Waals surface area contributed by atoms with E-state index < -0.39 is 5.97 Å². The van der Waals surface area contributed by atoms with Gasteiger partial charge in [-0.3, -0.25) is 9.78 Å². The molecule has 30 heavy (non-hydrogen) atoms. The van der Waals surface area contributed by atoms with E-state index in [1.807, 2.05) is 30.3 Å². The fourth-order valence-electron chi connectivity index (χ4n) is 4.27. The first kappa shape index (κ1) is 20.3. The molecule has 0 spiro atoms. The number of aromatic nitrogens is 1. The lowest BCUT2D eigenvalue weighted by Crippen LogP contribution is -2.29. The van der Waals surface area contributed by atoms with Crippen LogP contribution in [0.5, 0.6) is 0 Å². The molecule has 0 unspecified atom stereocenters. The highest BCUT2D eigenvalue weighted by Crippen LogP contribution is 2.39. The Morgan fingerprint density at radius 1 is 1.03 bits per heavy atom. The number of nitrogens with zero attached hydrogens (tertiary/aromatic N) is 1. The Balaban J connectivity index is 1.68. The van der Waals surface area contributed by atoms with Crippen LogP contribution in [0.1, 0.15) is 59.2 Å². The summed E-state index contributed by atoms with van der Waals surface area (Å²) in [6.07, 6.45) is 2.71. The van der Waals surface area contributed by atoms with E-state index >= 15 is 0 Å². The second-order valence-electron chi connectivity index (χ2n) is 9.10. The van der Waals surface area contributed by atoms with Crippen molar-refractivity contribution in [3.8, 4) is 0 Å². The second kappa shape index (κ2) is 8.02. The van der Waals surface area contributed by atoms with Crippen molar-refractivity contribution < 1.29 is 14.3 Å². The van der Waals surface area contributed by atoms with Crippen molar-refractivity contribution in [3.05, 3.63) is 77.0 Å². The van der Waals surface area contributed by atoms with Crippen LogP contribution in [-0.2, 0) is 17.6 Å². The third-order valence-electron chi connectivity index (χ3n) is 6.12. The summed E-state index contributed by atoms with van der Waals surface area (Å²) < 4.78 is 5.52. The van der Waals surface area contributed by atoms with Crippen LogP contribution in [0.4, 0.5) is 0 Å². The maximum absolute atomic E-state index is 13.2. The molecule has 1 aliphatic rings. The van der Waals surface area contributed by atoms with Gasteiger partial charge < -0.3 is 4.74 Å². The Morgan fingerprint density at radius 3 is 2.47 bits per heavy atom. The zero-order valence-corrected chi connectivity index (χ0v) is 17.8. The number of rotatable bonds is 4. The van der Waals surface area contributed by atoms with Crippen molar-refractivity contribution >= 4 is 22.7 Å². The number of carbonyl (C=O) groups excluding carboxylic acids is 2. The van der Waals surface area contributed by atoms with Gasteiger partial charge in [0.2, 0.25) is 0 Å². The monoisotopic (exact) mass is 401 g/mol. The molecule has 4 heteroatoms. The molecule has 0 radical (unpaired) electrons. The predicted octanol–water partition coefficient (Wildman–Crippen LogP) is 5.43. The first-order valence-electron chi connectivity index (χ1n) is 10.5. The molecule has 4 nitrogen and oxygen atoms in total. The average molecular weight is 402 g/mol. The Bertz CT molecular complexity index is 1100. The third kappa shape index (κ3) is 4.00. The lowest BCUT2D eigenvalue weighted by Gasteiger charge is -2.35. The molecule has 1 atom stereocenters. The molecule has 1 heterocycles. The SMILES string of the molecule is CC(C)(C)[C@H]1CCc2nc3ccccc3c(C(=O)OCC(=O)c3ccccc3)c2C1. The summed E-state index contributed by atoms with van der Waals surface area (Å²) >= 11 is 0. The molecular formula is C26H27NO3. The Hall–Kier alpha value is -3.01. The quantitative estimate of drug-likeness (QED) is 0.432. The summed E-state index contributed by atoms with van der Waals surface area (Å²) in [6.45, 7) is 6.46. The van der Waals surface area contributed by atoms with E-state index in [1.165, 1.54) is 0 Å². The first-order valence-corrected chi connectivity index (χ1v) is 10.5. The van der Waals surface area contributed by atoms with E-state index in [0.29, 0.717) is 17.0 Å². The lowest BCUT2D eigenvalue weighted by atomic mass is 9.70. The Labute approximate surface area is 177 Å². The minimum absolute atomic E-state index is 0.147. The maximum atomic E-state index is 13.2. The van der Waals surface area contributed by atoms with E-state index in [1.54, 1.807) is 24.3 Å². The van der Waals surface area contributed by atoms with E-state index in [2.05, 4.69) is 20.8 Å². The van der Waals surface area contributed by atoms with Crippen LogP contribution < -0.4 is 0 Å². The second-order valence-corrected chi connectivity index (χ2v) is 9.10. The Morgan fingerprint density at radius 2 is 1.73 bits per heavy atom. The highest BCUT2D eigenvalue weighted by atomic mass is 16.5. The molecule has 0 saturated heterocycles. The number of ether oxygens (including phenoxy) is 1. The number of ketones is 1. The van der Waals surface area contributed by atoms with Crippen LogP contribution in [0.15, 0.2) is 54.6 Å². The molecular weight excluding hydrogens is 374 g/mol. The summed E-state index contributed by atoms with van der Waals surface area (Å²) in [6, 6.07) is 16.6. The fraction of sp³-hybridized carbons (Fsp3) is 0.346. The zero-order chi connectivity index (χ0) is 21.3. The number of carbonyl (C=O) groups is 2. The summed E-state index contributed by atoms with van der Waals surface area (Å²) in [4.78, 5) is 30.5. The predicted molar refractivity (Wildman–Crippen MR) is 118 cm³/mol. The number of aryl methyl sites for hydroxylation is 1. The molecule has 3 aromatic rings. The summed E-state index contributed by atoms with van der Waals surface area (Å²) in [7, 11) is 0. The van der Waals surface area contributed by atoms with Gasteiger partial charge in [-0.1, -0.05) is 69.3 Å². The van der Waals surface area contributed by atoms with Crippen LogP contribution in [0.3, 0.4) is 0 Å². The zero-order valence-electron chi connectivity index (χ0n) is 17.8. The van der Waals surface area contributed by atoms with Gasteiger partial charge in [0.15, 0.2) is 12.4 Å². The van der Waals surface area contributed by atoms with Crippen LogP contribution >= 0.6 is 0 Å². The van der Waals surface area contributed by atoms with Crippen molar-refractivity contribution in [2.24, 2.45) is 11.3 Å². The summed E-state index contributed by atoms with van der Waals surface area (Å²) in [5.74, 6) is -0.182. The van der Waals surface area contributed by atoms with Gasteiger partial charge in [0.1, 0.15) is 0 Å². The van der Waals surface area contributed by atoms with Gasteiger partial charge in [-0.05, 0) is 42.2 Å². The first-order chi connectivity index (χ1) is 14.3. The average Bonchev–Trinajstić information content (AvgIpc) is 2.75. The van der Waals surface area contributed by atoms with Crippen LogP contribution in [-0.4, -0.2) is 23.3 Å². The number of esters is 1. The fourth-order valence-corrected chi connectivity index (χ4v) is 4.27. The maximum Gasteiger partial charge on any atom is 0.339 e. The number of hydrogen-bond acceptors (Lipinski definition) is 4. The number of hydrogen-bond donors (Lipinski definition) is 0. The number of Topliss-reactive ketones (excluding diaryl/α,β-unsaturated/α-hetero) is 1. The van der Waals surface area contributed by atoms with E-state index in [4.69, 9.17) is 9.72 Å². The molecule has 1 aliphatic carbocycles. The molecule has 0 saturated carbocycles. The van der Waals surface area contributed by atoms with Crippen molar-refractivity contribution in [3.63, 3.8) is 0 Å². The molecule has 0 bridgehead atoms. The highest BCUT2D eigenvalue weighted by molar-refractivity contribution is 6.06. The lowest BCUT2D eigenvalue weighted by molar-refractivity contribution is 0.0474. The van der Waals surface area contributed by atoms with Gasteiger partial charge in [0.25, 0.3) is 0 Å². The number of pyridine rings is 1. The normalized spacial score (nSPS) is 16.2. The van der Waals surface area contributed by atoms with E-state index in [9.17, 15) is 9.59 Å². The minimum Gasteiger partial charge on any atom is -0.454 e. The third-order valence-corrected chi connectivity index (χ3v) is 6.12. The molecule has 0 amide bonds. The van der Waals surface area contributed by atoms with E-state index in [0.717, 1.165) is 41.4 Å². The van der Waals surface area contributed by atoms with Gasteiger partial charge in [-0.25, -0.2) is 4.79 Å². The van der Waals surface area contributed by atoms with Crippen LogP contribution in [0.2, 0.25) is 0 Å². The number of para-hydroxylation sites is 1. The molecule has 4 rings (SSSR count). The molecule has 0 fully saturated rings. The van der Waals surface area contributed by atoms with Crippen molar-refractivity contribution in [2.45, 2.75) is 40.0 Å². The van der Waals surface area contributed by atoms with Gasteiger partial charge in [-0.2, -0.15) is 0 Å². The largest absolute Gasteiger partial charge is 0.454 e. The Kier molecular flexibility index (Phi) is 5.42. The number of fused-ring (bicyclic) bond motifs is 2. The van der Waals surface area contributed by atoms with Crippen LogP contribution in [0, 0.1) is 11.3 Å². The van der Waals surface area contributed by atoms with Gasteiger partial charge in [0, 0.05) is 16.6 Å². The smallest absolute Gasteiger partial charge is 0.339 e. The minimum atomic E-state index is -0.441. The van der Waals surface area contributed by atoms with Gasteiger partial charge in [0.05, 0.1) is 11.1 Å². The van der Waals surface area contributed by atoms with Crippen molar-refractivity contribution in [1.29, 1.82) is 0 Å². The van der Waals surface area contributed by atoms with E-state index in [-0.39, 0.29) is 17.8 Å². The van der Waals surface area contributed by atoms with Gasteiger partial charge >= 0.3 is 5.97 Å². The van der Waals surface area contributed by atoms with Gasteiger partial charge in [-0.15, -0.1) is 0 Å². The molecule has 2 aromatic carbocycles. The van der Waals surface area contributed by atoms with Crippen molar-refractivity contribution in [1.82, 2.24) is 4.98 Å². The molecule has 0 aliphatic heterocycles. The standard InChI is InChI=1S/C26H27NO3/c1-26(2,3)18-13-14-22-20(15-18)24(19-11-7-8-12-21(19)27-22)25(29)30-16-23(28)17-9-5-4-6-10-17/h4-12,18H,13-16H2,1-3H3/t18-/m0/s1. The summed E-state index contributed by atoms with van der Waals surface area (Å²) in [5, 5.41) is 0.794. The topological polar surface area (TPSA) is 56.3 Å². The molecule has 154 valence electrons.